The van der Waals surface area contributed by atoms with Gasteiger partial charge in [-0.1, -0.05) is 6.92 Å². The van der Waals surface area contributed by atoms with Crippen molar-refractivity contribution in [3.05, 3.63) is 22.4 Å². The first-order valence-corrected chi connectivity index (χ1v) is 8.27. The highest BCUT2D eigenvalue weighted by molar-refractivity contribution is 9.10. The molecule has 0 fully saturated rings. The fourth-order valence-corrected chi connectivity index (χ4v) is 2.97. The Hall–Kier alpha value is -0.420. The molecule has 0 aliphatic rings. The summed E-state index contributed by atoms with van der Waals surface area (Å²) in [6.45, 7) is 7.04. The van der Waals surface area contributed by atoms with Crippen LogP contribution in [0.1, 0.15) is 37.7 Å². The average Bonchev–Trinajstić information content (AvgIpc) is 2.71. The summed E-state index contributed by atoms with van der Waals surface area (Å²) in [5.41, 5.74) is 0.722. The van der Waals surface area contributed by atoms with Crippen molar-refractivity contribution < 1.29 is 4.79 Å². The SMILES string of the molecule is CCSCCC(C)NC(=O)c1cc(Br)cn1CC. The zero-order chi connectivity index (χ0) is 13.5. The molecule has 0 aromatic carbocycles. The molecule has 1 aromatic heterocycles. The molecule has 0 bridgehead atoms. The molecule has 1 atom stereocenters. The normalized spacial score (nSPS) is 12.4. The lowest BCUT2D eigenvalue weighted by atomic mass is 10.2. The van der Waals surface area contributed by atoms with Crippen LogP contribution in [0.3, 0.4) is 0 Å². The maximum Gasteiger partial charge on any atom is 0.268 e. The molecule has 0 spiro atoms. The highest BCUT2D eigenvalue weighted by atomic mass is 79.9. The first-order valence-electron chi connectivity index (χ1n) is 6.32. The van der Waals surface area contributed by atoms with Gasteiger partial charge < -0.3 is 9.88 Å². The molecule has 0 aliphatic carbocycles. The maximum absolute atomic E-state index is 12.1. The van der Waals surface area contributed by atoms with Crippen LogP contribution in [0, 0.1) is 0 Å². The number of aryl methyl sites for hydroxylation is 1. The molecule has 1 rings (SSSR count). The third-order valence-corrected chi connectivity index (χ3v) is 4.08. The summed E-state index contributed by atoms with van der Waals surface area (Å²) in [6.07, 6.45) is 2.95. The predicted molar refractivity (Wildman–Crippen MR) is 82.4 cm³/mol. The van der Waals surface area contributed by atoms with Crippen molar-refractivity contribution in [3.8, 4) is 0 Å². The molecule has 18 heavy (non-hydrogen) atoms. The second-order valence-corrected chi connectivity index (χ2v) is 6.50. The maximum atomic E-state index is 12.1. The van der Waals surface area contributed by atoms with E-state index in [1.165, 1.54) is 0 Å². The van der Waals surface area contributed by atoms with Gasteiger partial charge in [-0.3, -0.25) is 4.79 Å². The summed E-state index contributed by atoms with van der Waals surface area (Å²) >= 11 is 5.31. The second kappa shape index (κ2) is 7.89. The smallest absolute Gasteiger partial charge is 0.268 e. The van der Waals surface area contributed by atoms with Gasteiger partial charge in [0.05, 0.1) is 0 Å². The van der Waals surface area contributed by atoms with Gasteiger partial charge in [0.25, 0.3) is 5.91 Å². The van der Waals surface area contributed by atoms with Crippen LogP contribution in [0.5, 0.6) is 0 Å². The number of amides is 1. The lowest BCUT2D eigenvalue weighted by Gasteiger charge is -2.14. The van der Waals surface area contributed by atoms with E-state index in [1.807, 2.05) is 35.5 Å². The van der Waals surface area contributed by atoms with Crippen molar-refractivity contribution in [2.24, 2.45) is 0 Å². The Bertz CT molecular complexity index is 392. The highest BCUT2D eigenvalue weighted by Crippen LogP contribution is 2.15. The van der Waals surface area contributed by atoms with Gasteiger partial charge in [0.2, 0.25) is 0 Å². The number of carbonyl (C=O) groups excluding carboxylic acids is 1. The van der Waals surface area contributed by atoms with Crippen LogP contribution >= 0.6 is 27.7 Å². The molecule has 0 saturated carbocycles. The molecule has 102 valence electrons. The van der Waals surface area contributed by atoms with Crippen LogP contribution in [0.2, 0.25) is 0 Å². The topological polar surface area (TPSA) is 34.0 Å². The first-order chi connectivity index (χ1) is 8.58. The standard InChI is InChI=1S/C13H21BrN2OS/c1-4-16-9-11(14)8-12(16)13(17)15-10(3)6-7-18-5-2/h8-10H,4-7H2,1-3H3,(H,15,17). The number of nitrogens with zero attached hydrogens (tertiary/aromatic N) is 1. The van der Waals surface area contributed by atoms with E-state index in [1.54, 1.807) is 0 Å². The van der Waals surface area contributed by atoms with Crippen LogP contribution in [0.25, 0.3) is 0 Å². The van der Waals surface area contributed by atoms with E-state index in [2.05, 4.69) is 35.1 Å². The monoisotopic (exact) mass is 332 g/mol. The van der Waals surface area contributed by atoms with Crippen LogP contribution in [0.15, 0.2) is 16.7 Å². The number of halogens is 1. The summed E-state index contributed by atoms with van der Waals surface area (Å²) in [6, 6.07) is 2.09. The van der Waals surface area contributed by atoms with Gasteiger partial charge in [-0.05, 0) is 53.8 Å². The van der Waals surface area contributed by atoms with Gasteiger partial charge in [0, 0.05) is 23.3 Å². The molecule has 1 aromatic rings. The van der Waals surface area contributed by atoms with Gasteiger partial charge >= 0.3 is 0 Å². The highest BCUT2D eigenvalue weighted by Gasteiger charge is 2.14. The van der Waals surface area contributed by atoms with Gasteiger partial charge in [-0.2, -0.15) is 11.8 Å². The van der Waals surface area contributed by atoms with Crippen LogP contribution < -0.4 is 5.32 Å². The third kappa shape index (κ3) is 4.69. The van der Waals surface area contributed by atoms with Gasteiger partial charge in [0.1, 0.15) is 5.69 Å². The first kappa shape index (κ1) is 15.6. The summed E-state index contributed by atoms with van der Waals surface area (Å²) in [7, 11) is 0. The molecular formula is C13H21BrN2OS. The summed E-state index contributed by atoms with van der Waals surface area (Å²) in [4.78, 5) is 12.1. The minimum absolute atomic E-state index is 0.0107. The van der Waals surface area contributed by atoms with E-state index in [-0.39, 0.29) is 11.9 Å². The number of nitrogens with one attached hydrogen (secondary N) is 1. The third-order valence-electron chi connectivity index (χ3n) is 2.71. The Labute approximate surface area is 122 Å². The average molecular weight is 333 g/mol. The molecule has 1 unspecified atom stereocenters. The lowest BCUT2D eigenvalue weighted by Crippen LogP contribution is -2.34. The molecule has 0 aliphatic heterocycles. The molecule has 1 heterocycles. The number of hydrogen-bond acceptors (Lipinski definition) is 2. The number of thioether (sulfide) groups is 1. The quantitative estimate of drug-likeness (QED) is 0.775. The molecule has 1 amide bonds. The van der Waals surface area contributed by atoms with E-state index in [9.17, 15) is 4.79 Å². The number of aromatic nitrogens is 1. The predicted octanol–water partition coefficient (Wildman–Crippen LogP) is 3.53. The summed E-state index contributed by atoms with van der Waals surface area (Å²) in [5.74, 6) is 2.24. The number of carbonyl (C=O) groups is 1. The molecular weight excluding hydrogens is 312 g/mol. The Morgan fingerprint density at radius 2 is 2.28 bits per heavy atom. The Kier molecular flexibility index (Phi) is 6.86. The molecule has 3 nitrogen and oxygen atoms in total. The van der Waals surface area contributed by atoms with E-state index in [0.29, 0.717) is 0 Å². The van der Waals surface area contributed by atoms with Gasteiger partial charge in [-0.25, -0.2) is 0 Å². The summed E-state index contributed by atoms with van der Waals surface area (Å²) in [5, 5.41) is 3.05. The largest absolute Gasteiger partial charge is 0.348 e. The molecule has 1 N–H and O–H groups in total. The van der Waals surface area contributed by atoms with Crippen molar-refractivity contribution >= 4 is 33.6 Å². The van der Waals surface area contributed by atoms with E-state index in [0.717, 1.165) is 34.6 Å². The van der Waals surface area contributed by atoms with Crippen molar-refractivity contribution in [2.45, 2.75) is 39.8 Å². The molecule has 0 radical (unpaired) electrons. The van der Waals surface area contributed by atoms with Crippen molar-refractivity contribution in [3.63, 3.8) is 0 Å². The fraction of sp³-hybridized carbons (Fsp3) is 0.615. The minimum Gasteiger partial charge on any atom is -0.348 e. The lowest BCUT2D eigenvalue weighted by molar-refractivity contribution is 0.0930. The van der Waals surface area contributed by atoms with Crippen LogP contribution in [-0.2, 0) is 6.54 Å². The van der Waals surface area contributed by atoms with E-state index >= 15 is 0 Å². The Balaban J connectivity index is 2.53. The fourth-order valence-electron chi connectivity index (χ4n) is 1.70. The summed E-state index contributed by atoms with van der Waals surface area (Å²) < 4.78 is 2.90. The number of rotatable bonds is 7. The van der Waals surface area contributed by atoms with Crippen molar-refractivity contribution in [1.82, 2.24) is 9.88 Å². The Morgan fingerprint density at radius 3 is 2.89 bits per heavy atom. The van der Waals surface area contributed by atoms with Crippen LogP contribution in [-0.4, -0.2) is 28.0 Å². The van der Waals surface area contributed by atoms with Crippen molar-refractivity contribution in [1.29, 1.82) is 0 Å². The van der Waals surface area contributed by atoms with Gasteiger partial charge in [-0.15, -0.1) is 0 Å². The minimum atomic E-state index is 0.0107. The van der Waals surface area contributed by atoms with Crippen LogP contribution in [0.4, 0.5) is 0 Å². The second-order valence-electron chi connectivity index (χ2n) is 4.19. The zero-order valence-electron chi connectivity index (χ0n) is 11.2. The van der Waals surface area contributed by atoms with Crippen molar-refractivity contribution in [2.75, 3.05) is 11.5 Å². The molecule has 0 saturated heterocycles. The van der Waals surface area contributed by atoms with E-state index < -0.39 is 0 Å². The van der Waals surface area contributed by atoms with E-state index in [4.69, 9.17) is 0 Å². The zero-order valence-corrected chi connectivity index (χ0v) is 13.6. The molecule has 5 heteroatoms. The Morgan fingerprint density at radius 1 is 1.56 bits per heavy atom. The number of hydrogen-bond donors (Lipinski definition) is 1. The van der Waals surface area contributed by atoms with Gasteiger partial charge in [0.15, 0.2) is 0 Å².